The molecule has 3 N–H and O–H groups in total. The van der Waals surface area contributed by atoms with Gasteiger partial charge in [0.05, 0.1) is 11.6 Å². The summed E-state index contributed by atoms with van der Waals surface area (Å²) in [6.45, 7) is 2.90. The molecule has 20 heavy (non-hydrogen) atoms. The van der Waals surface area contributed by atoms with Crippen LogP contribution in [0.2, 0.25) is 0 Å². The van der Waals surface area contributed by atoms with Crippen molar-refractivity contribution in [3.05, 3.63) is 24.0 Å². The van der Waals surface area contributed by atoms with Crippen LogP contribution in [0.4, 0.5) is 15.8 Å². The zero-order valence-electron chi connectivity index (χ0n) is 11.3. The van der Waals surface area contributed by atoms with Crippen LogP contribution in [-0.4, -0.2) is 24.9 Å². The maximum absolute atomic E-state index is 13.5. The van der Waals surface area contributed by atoms with Gasteiger partial charge in [-0.2, -0.15) is 0 Å². The van der Waals surface area contributed by atoms with Gasteiger partial charge < -0.3 is 16.0 Å². The second-order valence-corrected chi connectivity index (χ2v) is 4.91. The van der Waals surface area contributed by atoms with E-state index in [2.05, 4.69) is 16.0 Å². The molecule has 2 amide bonds. The molecule has 1 aromatic rings. The average molecular weight is 279 g/mol. The molecule has 1 heterocycles. The molecule has 6 heteroatoms. The van der Waals surface area contributed by atoms with Crippen molar-refractivity contribution < 1.29 is 14.0 Å². The Morgan fingerprint density at radius 1 is 1.35 bits per heavy atom. The van der Waals surface area contributed by atoms with E-state index in [1.807, 2.05) is 0 Å². The lowest BCUT2D eigenvalue weighted by molar-refractivity contribution is -0.120. The van der Waals surface area contributed by atoms with E-state index in [0.29, 0.717) is 12.2 Å². The molecule has 0 unspecified atom stereocenters. The Labute approximate surface area is 116 Å². The minimum Gasteiger partial charge on any atom is -0.326 e. The molecule has 0 saturated carbocycles. The Hall–Kier alpha value is -1.95. The summed E-state index contributed by atoms with van der Waals surface area (Å²) in [4.78, 5) is 23.0. The van der Waals surface area contributed by atoms with Crippen molar-refractivity contribution in [3.63, 3.8) is 0 Å². The molecular formula is C14H18FN3O2. The largest absolute Gasteiger partial charge is 0.326 e. The van der Waals surface area contributed by atoms with Crippen LogP contribution >= 0.6 is 0 Å². The number of carbonyl (C=O) groups is 2. The molecule has 2 rings (SSSR count). The van der Waals surface area contributed by atoms with Gasteiger partial charge >= 0.3 is 0 Å². The first kappa shape index (κ1) is 14.5. The van der Waals surface area contributed by atoms with Crippen LogP contribution in [0.5, 0.6) is 0 Å². The Bertz CT molecular complexity index is 513. The van der Waals surface area contributed by atoms with Crippen molar-refractivity contribution in [2.75, 3.05) is 23.7 Å². The Balaban J connectivity index is 2.05. The summed E-state index contributed by atoms with van der Waals surface area (Å²) in [5.41, 5.74) is 0.544. The number of benzene rings is 1. The maximum atomic E-state index is 13.5. The predicted molar refractivity (Wildman–Crippen MR) is 74.9 cm³/mol. The van der Waals surface area contributed by atoms with E-state index in [-0.39, 0.29) is 23.4 Å². The zero-order valence-corrected chi connectivity index (χ0v) is 11.3. The molecular weight excluding hydrogens is 261 g/mol. The van der Waals surface area contributed by atoms with Gasteiger partial charge in [-0.1, -0.05) is 0 Å². The molecule has 1 fully saturated rings. The smallest absolute Gasteiger partial charge is 0.228 e. The van der Waals surface area contributed by atoms with Gasteiger partial charge in [-0.15, -0.1) is 0 Å². The van der Waals surface area contributed by atoms with Crippen molar-refractivity contribution in [3.8, 4) is 0 Å². The lowest BCUT2D eigenvalue weighted by atomic mass is 9.99. The molecule has 108 valence electrons. The van der Waals surface area contributed by atoms with E-state index in [4.69, 9.17) is 0 Å². The van der Waals surface area contributed by atoms with Gasteiger partial charge in [0.2, 0.25) is 11.8 Å². The van der Waals surface area contributed by atoms with Crippen LogP contribution in [0, 0.1) is 11.7 Å². The lowest BCUT2D eigenvalue weighted by Gasteiger charge is -2.22. The number of amides is 2. The van der Waals surface area contributed by atoms with Crippen LogP contribution in [0.15, 0.2) is 18.2 Å². The van der Waals surface area contributed by atoms with Crippen molar-refractivity contribution in [1.82, 2.24) is 5.32 Å². The van der Waals surface area contributed by atoms with Crippen molar-refractivity contribution in [2.45, 2.75) is 19.8 Å². The summed E-state index contributed by atoms with van der Waals surface area (Å²) >= 11 is 0. The first-order valence-corrected chi connectivity index (χ1v) is 6.65. The topological polar surface area (TPSA) is 70.2 Å². The SMILES string of the molecule is CC(=O)Nc1cc(NC(=O)[C@@H]2CCCNC2)ccc1F. The number of carbonyl (C=O) groups excluding carboxylic acids is 2. The molecule has 0 bridgehead atoms. The molecule has 0 aromatic heterocycles. The van der Waals surface area contributed by atoms with Crippen LogP contribution in [0.3, 0.4) is 0 Å². The third kappa shape index (κ3) is 3.77. The first-order valence-electron chi connectivity index (χ1n) is 6.65. The summed E-state index contributed by atoms with van der Waals surface area (Å²) in [5, 5.41) is 8.31. The van der Waals surface area contributed by atoms with Gasteiger partial charge in [-0.3, -0.25) is 9.59 Å². The van der Waals surface area contributed by atoms with E-state index in [1.165, 1.54) is 25.1 Å². The third-order valence-corrected chi connectivity index (χ3v) is 3.21. The standard InChI is InChI=1S/C14H18FN3O2/c1-9(19)17-13-7-11(4-5-12(13)15)18-14(20)10-3-2-6-16-8-10/h4-5,7,10,16H,2-3,6,8H2,1H3,(H,17,19)(H,18,20)/t10-/m1/s1. The molecule has 0 spiro atoms. The number of anilines is 2. The minimum atomic E-state index is -0.530. The fourth-order valence-corrected chi connectivity index (χ4v) is 2.21. The van der Waals surface area contributed by atoms with E-state index in [9.17, 15) is 14.0 Å². The van der Waals surface area contributed by atoms with Gasteiger partial charge in [-0.05, 0) is 37.6 Å². The monoisotopic (exact) mass is 279 g/mol. The maximum Gasteiger partial charge on any atom is 0.228 e. The molecule has 5 nitrogen and oxygen atoms in total. The quantitative estimate of drug-likeness (QED) is 0.789. The number of rotatable bonds is 3. The van der Waals surface area contributed by atoms with Crippen LogP contribution in [-0.2, 0) is 9.59 Å². The summed E-state index contributed by atoms with van der Waals surface area (Å²) in [5.74, 6) is -1.04. The first-order chi connectivity index (χ1) is 9.56. The Kier molecular flexibility index (Phi) is 4.68. The molecule has 0 aliphatic carbocycles. The van der Waals surface area contributed by atoms with E-state index in [0.717, 1.165) is 19.4 Å². The van der Waals surface area contributed by atoms with Gasteiger partial charge in [0.15, 0.2) is 0 Å². The van der Waals surface area contributed by atoms with E-state index >= 15 is 0 Å². The highest BCUT2D eigenvalue weighted by Crippen LogP contribution is 2.21. The van der Waals surface area contributed by atoms with E-state index in [1.54, 1.807) is 0 Å². The molecule has 1 aliphatic heterocycles. The Morgan fingerprint density at radius 2 is 2.15 bits per heavy atom. The third-order valence-electron chi connectivity index (χ3n) is 3.21. The lowest BCUT2D eigenvalue weighted by Crippen LogP contribution is -2.37. The number of hydrogen-bond acceptors (Lipinski definition) is 3. The summed E-state index contributed by atoms with van der Waals surface area (Å²) in [6.07, 6.45) is 1.82. The fourth-order valence-electron chi connectivity index (χ4n) is 2.21. The van der Waals surface area contributed by atoms with E-state index < -0.39 is 5.82 Å². The highest BCUT2D eigenvalue weighted by Gasteiger charge is 2.21. The Morgan fingerprint density at radius 3 is 2.80 bits per heavy atom. The number of nitrogens with one attached hydrogen (secondary N) is 3. The molecule has 1 atom stereocenters. The second-order valence-electron chi connectivity index (χ2n) is 4.91. The summed E-state index contributed by atoms with van der Waals surface area (Å²) in [7, 11) is 0. The highest BCUT2D eigenvalue weighted by molar-refractivity contribution is 5.94. The van der Waals surface area contributed by atoms with Gasteiger partial charge in [-0.25, -0.2) is 4.39 Å². The number of piperidine rings is 1. The second kappa shape index (κ2) is 6.47. The zero-order chi connectivity index (χ0) is 14.5. The molecule has 1 saturated heterocycles. The fraction of sp³-hybridized carbons (Fsp3) is 0.429. The molecule has 1 aromatic carbocycles. The van der Waals surface area contributed by atoms with Gasteiger partial charge in [0, 0.05) is 19.2 Å². The summed E-state index contributed by atoms with van der Waals surface area (Å²) in [6, 6.07) is 4.12. The van der Waals surface area contributed by atoms with Gasteiger partial charge in [0.25, 0.3) is 0 Å². The van der Waals surface area contributed by atoms with Crippen molar-refractivity contribution in [1.29, 1.82) is 0 Å². The normalized spacial score (nSPS) is 18.4. The van der Waals surface area contributed by atoms with Gasteiger partial charge in [0.1, 0.15) is 5.82 Å². The van der Waals surface area contributed by atoms with Crippen LogP contribution in [0.25, 0.3) is 0 Å². The van der Waals surface area contributed by atoms with Crippen molar-refractivity contribution in [2.24, 2.45) is 5.92 Å². The predicted octanol–water partition coefficient (Wildman–Crippen LogP) is 1.72. The number of halogens is 1. The van der Waals surface area contributed by atoms with Crippen LogP contribution < -0.4 is 16.0 Å². The highest BCUT2D eigenvalue weighted by atomic mass is 19.1. The molecule has 0 radical (unpaired) electrons. The minimum absolute atomic E-state index is 0.0667. The van der Waals surface area contributed by atoms with Crippen molar-refractivity contribution >= 4 is 23.2 Å². The van der Waals surface area contributed by atoms with Crippen LogP contribution in [0.1, 0.15) is 19.8 Å². The average Bonchev–Trinajstić information content (AvgIpc) is 2.43. The summed E-state index contributed by atoms with van der Waals surface area (Å²) < 4.78 is 13.5. The number of hydrogen-bond donors (Lipinski definition) is 3. The molecule has 1 aliphatic rings.